The highest BCUT2D eigenvalue weighted by molar-refractivity contribution is 7.89. The molecule has 3 atom stereocenters. The second kappa shape index (κ2) is 8.32. The van der Waals surface area contributed by atoms with E-state index in [1.807, 2.05) is 24.3 Å². The van der Waals surface area contributed by atoms with Crippen molar-refractivity contribution < 1.29 is 17.9 Å². The number of aromatic nitrogens is 5. The summed E-state index contributed by atoms with van der Waals surface area (Å²) in [5.41, 5.74) is 1.67. The van der Waals surface area contributed by atoms with E-state index in [0.717, 1.165) is 23.2 Å². The lowest BCUT2D eigenvalue weighted by molar-refractivity contribution is 0.0918. The zero-order chi connectivity index (χ0) is 23.2. The number of hydrogen-bond acceptors (Lipinski definition) is 6. The molecule has 2 aromatic carbocycles. The summed E-state index contributed by atoms with van der Waals surface area (Å²) in [5.74, 6) is 1.08. The number of aryl methyl sites for hydroxylation is 1. The lowest BCUT2D eigenvalue weighted by Crippen LogP contribution is -2.46. The maximum Gasteiger partial charge on any atom is 0.240 e. The number of halogens is 1. The first-order chi connectivity index (χ1) is 15.8. The van der Waals surface area contributed by atoms with Crippen LogP contribution in [-0.4, -0.2) is 50.4 Å². The molecule has 0 unspecified atom stereocenters. The van der Waals surface area contributed by atoms with Crippen molar-refractivity contribution in [3.8, 4) is 5.95 Å². The molecule has 2 heterocycles. The van der Waals surface area contributed by atoms with Crippen molar-refractivity contribution in [2.75, 3.05) is 0 Å². The Morgan fingerprint density at radius 3 is 2.64 bits per heavy atom. The number of benzene rings is 2. The van der Waals surface area contributed by atoms with Gasteiger partial charge in [-0.3, -0.25) is 0 Å². The molecule has 0 saturated heterocycles. The SMILES string of the molecule is Cc1nc([C@H]2CC[C@@H](O)[C@H](NS(=O)(=O)c3ccc(F)cc3)C2)n(-c2nc3ccccc3[nH]2)n1. The number of fused-ring (bicyclic) bond motifs is 1. The van der Waals surface area contributed by atoms with Crippen molar-refractivity contribution in [3.05, 3.63) is 66.0 Å². The van der Waals surface area contributed by atoms with E-state index in [2.05, 4.69) is 24.8 Å². The van der Waals surface area contributed by atoms with Crippen LogP contribution in [0.1, 0.15) is 36.8 Å². The quantitative estimate of drug-likeness (QED) is 0.412. The Morgan fingerprint density at radius 2 is 1.88 bits per heavy atom. The minimum absolute atomic E-state index is 0.0560. The number of aliphatic hydroxyl groups is 1. The van der Waals surface area contributed by atoms with Gasteiger partial charge in [-0.25, -0.2) is 27.5 Å². The standard InChI is InChI=1S/C22H23FN6O3S/c1-13-24-21(29(27-13)22-25-17-4-2-3-5-18(17)26-22)14-6-11-20(30)19(12-14)28-33(31,32)16-9-7-15(23)8-10-16/h2-5,7-10,14,19-20,28,30H,6,11-12H2,1H3,(H,25,26)/t14-,19+,20+/m0/s1. The first-order valence-corrected chi connectivity index (χ1v) is 12.1. The van der Waals surface area contributed by atoms with Gasteiger partial charge >= 0.3 is 0 Å². The summed E-state index contributed by atoms with van der Waals surface area (Å²) in [4.78, 5) is 12.4. The van der Waals surface area contributed by atoms with Gasteiger partial charge in [0.15, 0.2) is 0 Å². The van der Waals surface area contributed by atoms with Crippen molar-refractivity contribution in [2.45, 2.75) is 49.1 Å². The van der Waals surface area contributed by atoms with Crippen LogP contribution < -0.4 is 4.72 Å². The van der Waals surface area contributed by atoms with Crippen LogP contribution in [0.15, 0.2) is 53.4 Å². The number of sulfonamides is 1. The number of aromatic amines is 1. The van der Waals surface area contributed by atoms with Gasteiger partial charge in [-0.15, -0.1) is 5.10 Å². The highest BCUT2D eigenvalue weighted by atomic mass is 32.2. The Morgan fingerprint density at radius 1 is 1.12 bits per heavy atom. The highest BCUT2D eigenvalue weighted by Crippen LogP contribution is 2.34. The van der Waals surface area contributed by atoms with Crippen LogP contribution in [0, 0.1) is 12.7 Å². The van der Waals surface area contributed by atoms with E-state index >= 15 is 0 Å². The van der Waals surface area contributed by atoms with Gasteiger partial charge in [0.2, 0.25) is 16.0 Å². The molecule has 172 valence electrons. The summed E-state index contributed by atoms with van der Waals surface area (Å²) in [6, 6.07) is 11.5. The van der Waals surface area contributed by atoms with E-state index in [4.69, 9.17) is 0 Å². The fourth-order valence-electron chi connectivity index (χ4n) is 4.29. The number of aliphatic hydroxyl groups excluding tert-OH is 1. The van der Waals surface area contributed by atoms with E-state index in [-0.39, 0.29) is 10.8 Å². The Balaban J connectivity index is 1.42. The molecular weight excluding hydrogens is 447 g/mol. The van der Waals surface area contributed by atoms with Gasteiger partial charge in [-0.2, -0.15) is 4.68 Å². The molecule has 1 saturated carbocycles. The Kier molecular flexibility index (Phi) is 5.47. The average molecular weight is 471 g/mol. The van der Waals surface area contributed by atoms with Crippen LogP contribution in [0.25, 0.3) is 17.0 Å². The number of para-hydroxylation sites is 2. The Bertz CT molecular complexity index is 1370. The second-order valence-corrected chi connectivity index (χ2v) is 9.98. The van der Waals surface area contributed by atoms with E-state index in [9.17, 15) is 17.9 Å². The van der Waals surface area contributed by atoms with Gasteiger partial charge in [0, 0.05) is 12.0 Å². The molecule has 33 heavy (non-hydrogen) atoms. The summed E-state index contributed by atoms with van der Waals surface area (Å²) >= 11 is 0. The predicted molar refractivity (Wildman–Crippen MR) is 119 cm³/mol. The van der Waals surface area contributed by atoms with Gasteiger partial charge < -0.3 is 10.1 Å². The van der Waals surface area contributed by atoms with E-state index < -0.39 is 28.0 Å². The lowest BCUT2D eigenvalue weighted by Gasteiger charge is -2.33. The number of H-pyrrole nitrogens is 1. The molecule has 3 N–H and O–H groups in total. The molecule has 5 rings (SSSR count). The zero-order valence-electron chi connectivity index (χ0n) is 17.8. The van der Waals surface area contributed by atoms with Crippen LogP contribution in [0.3, 0.4) is 0 Å². The number of nitrogens with one attached hydrogen (secondary N) is 2. The normalized spacial score (nSPS) is 21.5. The third kappa shape index (κ3) is 4.26. The van der Waals surface area contributed by atoms with Gasteiger partial charge in [-0.1, -0.05) is 12.1 Å². The summed E-state index contributed by atoms with van der Waals surface area (Å²) in [7, 11) is -3.93. The molecule has 1 fully saturated rings. The number of rotatable bonds is 5. The van der Waals surface area contributed by atoms with Crippen molar-refractivity contribution in [1.82, 2.24) is 29.5 Å². The molecule has 11 heteroatoms. The predicted octanol–water partition coefficient (Wildman–Crippen LogP) is 2.57. The molecule has 0 aliphatic heterocycles. The fourth-order valence-corrected chi connectivity index (χ4v) is 5.57. The maximum atomic E-state index is 13.2. The van der Waals surface area contributed by atoms with E-state index in [1.165, 1.54) is 12.1 Å². The van der Waals surface area contributed by atoms with Gasteiger partial charge in [0.1, 0.15) is 17.5 Å². The minimum Gasteiger partial charge on any atom is -0.391 e. The molecule has 2 aromatic heterocycles. The molecule has 1 aliphatic rings. The third-order valence-electron chi connectivity index (χ3n) is 5.93. The largest absolute Gasteiger partial charge is 0.391 e. The summed E-state index contributed by atoms with van der Waals surface area (Å²) in [5, 5.41) is 15.0. The monoisotopic (exact) mass is 470 g/mol. The summed E-state index contributed by atoms with van der Waals surface area (Å²) in [6.45, 7) is 1.79. The summed E-state index contributed by atoms with van der Waals surface area (Å²) < 4.78 is 43.0. The second-order valence-electron chi connectivity index (χ2n) is 8.27. The van der Waals surface area contributed by atoms with Crippen LogP contribution >= 0.6 is 0 Å². The number of nitrogens with zero attached hydrogens (tertiary/aromatic N) is 4. The zero-order valence-corrected chi connectivity index (χ0v) is 18.6. The van der Waals surface area contributed by atoms with Gasteiger partial charge in [0.05, 0.1) is 22.0 Å². The van der Waals surface area contributed by atoms with Crippen LogP contribution in [-0.2, 0) is 10.0 Å². The average Bonchev–Trinajstić information content (AvgIpc) is 3.39. The third-order valence-corrected chi connectivity index (χ3v) is 7.43. The van der Waals surface area contributed by atoms with Crippen molar-refractivity contribution >= 4 is 21.1 Å². The van der Waals surface area contributed by atoms with Gasteiger partial charge in [-0.05, 0) is 62.6 Å². The van der Waals surface area contributed by atoms with Gasteiger partial charge in [0.25, 0.3) is 0 Å². The molecule has 9 nitrogen and oxygen atoms in total. The first kappa shape index (κ1) is 21.7. The topological polar surface area (TPSA) is 126 Å². The van der Waals surface area contributed by atoms with Crippen LogP contribution in [0.5, 0.6) is 0 Å². The lowest BCUT2D eigenvalue weighted by atomic mass is 9.83. The maximum absolute atomic E-state index is 13.2. The number of imidazole rings is 1. The highest BCUT2D eigenvalue weighted by Gasteiger charge is 2.36. The van der Waals surface area contributed by atoms with Crippen molar-refractivity contribution in [3.63, 3.8) is 0 Å². The van der Waals surface area contributed by atoms with Crippen molar-refractivity contribution in [1.29, 1.82) is 0 Å². The first-order valence-electron chi connectivity index (χ1n) is 10.6. The minimum atomic E-state index is -3.93. The molecule has 0 bridgehead atoms. The molecule has 0 radical (unpaired) electrons. The van der Waals surface area contributed by atoms with E-state index in [1.54, 1.807) is 11.6 Å². The Labute approximate surface area is 189 Å². The molecule has 4 aromatic rings. The molecular formula is C22H23FN6O3S. The Hall–Kier alpha value is -3.15. The summed E-state index contributed by atoms with van der Waals surface area (Å²) in [6.07, 6.45) is 0.502. The van der Waals surface area contributed by atoms with E-state index in [0.29, 0.717) is 36.9 Å². The van der Waals surface area contributed by atoms with Crippen LogP contribution in [0.4, 0.5) is 4.39 Å². The number of hydrogen-bond donors (Lipinski definition) is 3. The van der Waals surface area contributed by atoms with Crippen molar-refractivity contribution in [2.24, 2.45) is 0 Å². The fraction of sp³-hybridized carbons (Fsp3) is 0.318. The van der Waals surface area contributed by atoms with Crippen LogP contribution in [0.2, 0.25) is 0 Å². The molecule has 1 aliphatic carbocycles. The molecule has 0 spiro atoms. The smallest absolute Gasteiger partial charge is 0.240 e. The molecule has 0 amide bonds.